The zero-order chi connectivity index (χ0) is 18.6. The van der Waals surface area contributed by atoms with Gasteiger partial charge >= 0.3 is 12.1 Å². The molecule has 0 spiro atoms. The number of benzene rings is 1. The van der Waals surface area contributed by atoms with E-state index in [9.17, 15) is 9.59 Å². The van der Waals surface area contributed by atoms with Gasteiger partial charge in [0.2, 0.25) is 0 Å². The Kier molecular flexibility index (Phi) is 5.93. The first-order valence-corrected chi connectivity index (χ1v) is 8.54. The Balaban J connectivity index is 1.96. The molecule has 6 nitrogen and oxygen atoms in total. The largest absolute Gasteiger partial charge is 0.491 e. The third-order valence-electron chi connectivity index (χ3n) is 4.11. The molecule has 1 aliphatic rings. The Labute approximate surface area is 149 Å². The van der Waals surface area contributed by atoms with Crippen LogP contribution in [0.1, 0.15) is 50.9 Å². The molecule has 0 aromatic heterocycles. The maximum atomic E-state index is 12.4. The Morgan fingerprint density at radius 2 is 1.80 bits per heavy atom. The van der Waals surface area contributed by atoms with Gasteiger partial charge in [0, 0.05) is 6.04 Å². The van der Waals surface area contributed by atoms with Crippen molar-refractivity contribution < 1.29 is 23.8 Å². The summed E-state index contributed by atoms with van der Waals surface area (Å²) in [5, 5.41) is 0. The van der Waals surface area contributed by atoms with Crippen LogP contribution in [0.25, 0.3) is 0 Å². The minimum Gasteiger partial charge on any atom is -0.491 e. The molecule has 1 amide bonds. The number of esters is 1. The molecule has 0 aliphatic carbocycles. The molecule has 0 saturated carbocycles. The predicted molar refractivity (Wildman–Crippen MR) is 93.8 cm³/mol. The molecule has 1 aromatic rings. The van der Waals surface area contributed by atoms with E-state index in [1.165, 1.54) is 7.11 Å². The summed E-state index contributed by atoms with van der Waals surface area (Å²) in [4.78, 5) is 25.7. The Morgan fingerprint density at radius 3 is 2.36 bits per heavy atom. The first kappa shape index (κ1) is 19.1. The molecule has 138 valence electrons. The monoisotopic (exact) mass is 349 g/mol. The molecule has 2 rings (SSSR count). The van der Waals surface area contributed by atoms with Crippen molar-refractivity contribution in [1.82, 2.24) is 4.90 Å². The van der Waals surface area contributed by atoms with Crippen molar-refractivity contribution in [3.05, 3.63) is 29.8 Å². The molecule has 0 N–H and O–H groups in total. The predicted octanol–water partition coefficient (Wildman–Crippen LogP) is 3.64. The van der Waals surface area contributed by atoms with Crippen LogP contribution in [0.2, 0.25) is 0 Å². The van der Waals surface area contributed by atoms with Crippen molar-refractivity contribution in [3.63, 3.8) is 0 Å². The van der Waals surface area contributed by atoms with Crippen LogP contribution in [-0.4, -0.2) is 48.4 Å². The van der Waals surface area contributed by atoms with E-state index in [0.717, 1.165) is 12.8 Å². The van der Waals surface area contributed by atoms with Crippen LogP contribution in [0.5, 0.6) is 5.75 Å². The van der Waals surface area contributed by atoms with Crippen LogP contribution in [0.3, 0.4) is 0 Å². The number of carbonyl (C=O) groups is 2. The van der Waals surface area contributed by atoms with Crippen molar-refractivity contribution in [2.24, 2.45) is 0 Å². The lowest BCUT2D eigenvalue weighted by atomic mass is 10.2. The summed E-state index contributed by atoms with van der Waals surface area (Å²) in [5.74, 6) is 0.267. The summed E-state index contributed by atoms with van der Waals surface area (Å²) < 4.78 is 16.0. The summed E-state index contributed by atoms with van der Waals surface area (Å²) in [5.41, 5.74) is -0.0474. The standard InChI is InChI=1S/C19H27NO5/c1-13-6-9-15(20(13)18(22)25-19(2,3)4)12-24-16-10-7-14(8-11-16)17(21)23-5/h7-8,10-11,13,15H,6,9,12H2,1-5H3/t13-,15-/m0/s1. The first-order valence-electron chi connectivity index (χ1n) is 8.54. The van der Waals surface area contributed by atoms with Crippen molar-refractivity contribution in [1.29, 1.82) is 0 Å². The van der Waals surface area contributed by atoms with E-state index in [2.05, 4.69) is 4.74 Å². The van der Waals surface area contributed by atoms with Crippen molar-refractivity contribution >= 4 is 12.1 Å². The number of methoxy groups -OCH3 is 1. The highest BCUT2D eigenvalue weighted by Crippen LogP contribution is 2.27. The number of hydrogen-bond acceptors (Lipinski definition) is 5. The fraction of sp³-hybridized carbons (Fsp3) is 0.579. The Hall–Kier alpha value is -2.24. The molecule has 1 fully saturated rings. The Bertz CT molecular complexity index is 605. The van der Waals surface area contributed by atoms with E-state index < -0.39 is 5.60 Å². The van der Waals surface area contributed by atoms with E-state index in [4.69, 9.17) is 9.47 Å². The first-order chi connectivity index (χ1) is 11.7. The number of likely N-dealkylation sites (tertiary alicyclic amines) is 1. The third kappa shape index (κ3) is 5.11. The zero-order valence-electron chi connectivity index (χ0n) is 15.6. The number of amides is 1. The molecule has 6 heteroatoms. The van der Waals surface area contributed by atoms with E-state index >= 15 is 0 Å². The maximum Gasteiger partial charge on any atom is 0.410 e. The maximum absolute atomic E-state index is 12.4. The van der Waals surface area contributed by atoms with E-state index in [1.807, 2.05) is 27.7 Å². The second-order valence-electron chi connectivity index (χ2n) is 7.29. The lowest BCUT2D eigenvalue weighted by molar-refractivity contribution is 0.0117. The van der Waals surface area contributed by atoms with Gasteiger partial charge in [0.25, 0.3) is 0 Å². The molecule has 1 heterocycles. The highest BCUT2D eigenvalue weighted by Gasteiger charge is 2.37. The van der Waals surface area contributed by atoms with Gasteiger partial charge in [-0.3, -0.25) is 4.90 Å². The van der Waals surface area contributed by atoms with Gasteiger partial charge in [-0.15, -0.1) is 0 Å². The molecule has 0 unspecified atom stereocenters. The number of hydrogen-bond donors (Lipinski definition) is 0. The van der Waals surface area contributed by atoms with Crippen molar-refractivity contribution in [2.75, 3.05) is 13.7 Å². The van der Waals surface area contributed by atoms with E-state index in [0.29, 0.717) is 17.9 Å². The number of nitrogens with zero attached hydrogens (tertiary/aromatic N) is 1. The zero-order valence-corrected chi connectivity index (χ0v) is 15.6. The van der Waals surface area contributed by atoms with Crippen LogP contribution < -0.4 is 4.74 Å². The van der Waals surface area contributed by atoms with Crippen molar-refractivity contribution in [3.8, 4) is 5.75 Å². The van der Waals surface area contributed by atoms with Gasteiger partial charge in [-0.1, -0.05) is 0 Å². The molecule has 25 heavy (non-hydrogen) atoms. The van der Waals surface area contributed by atoms with Gasteiger partial charge in [0.1, 0.15) is 18.0 Å². The summed E-state index contributed by atoms with van der Waals surface area (Å²) in [6.07, 6.45) is 1.50. The van der Waals surface area contributed by atoms with Crippen LogP contribution >= 0.6 is 0 Å². The molecule has 1 aromatic carbocycles. The van der Waals surface area contributed by atoms with Crippen LogP contribution in [-0.2, 0) is 9.47 Å². The summed E-state index contributed by atoms with van der Waals surface area (Å²) in [7, 11) is 1.35. The number of ether oxygens (including phenoxy) is 3. The van der Waals surface area contributed by atoms with Gasteiger partial charge in [-0.25, -0.2) is 9.59 Å². The molecule has 0 radical (unpaired) electrons. The molecular weight excluding hydrogens is 322 g/mol. The van der Waals surface area contributed by atoms with Gasteiger partial charge in [0.15, 0.2) is 0 Å². The third-order valence-corrected chi connectivity index (χ3v) is 4.11. The second-order valence-corrected chi connectivity index (χ2v) is 7.29. The number of carbonyl (C=O) groups excluding carboxylic acids is 2. The normalized spacial score (nSPS) is 20.3. The lowest BCUT2D eigenvalue weighted by Gasteiger charge is -2.31. The summed E-state index contributed by atoms with van der Waals surface area (Å²) in [6.45, 7) is 8.00. The molecule has 1 saturated heterocycles. The van der Waals surface area contributed by atoms with Gasteiger partial charge < -0.3 is 14.2 Å². The summed E-state index contributed by atoms with van der Waals surface area (Å²) in [6, 6.07) is 6.87. The fourth-order valence-electron chi connectivity index (χ4n) is 2.88. The smallest absolute Gasteiger partial charge is 0.410 e. The average Bonchev–Trinajstić information content (AvgIpc) is 2.92. The minimum absolute atomic E-state index is 0.0230. The van der Waals surface area contributed by atoms with E-state index in [-0.39, 0.29) is 24.1 Å². The highest BCUT2D eigenvalue weighted by atomic mass is 16.6. The number of rotatable bonds is 4. The second kappa shape index (κ2) is 7.76. The average molecular weight is 349 g/mol. The van der Waals surface area contributed by atoms with Gasteiger partial charge in [0.05, 0.1) is 18.7 Å². The molecule has 2 atom stereocenters. The van der Waals surface area contributed by atoms with Gasteiger partial charge in [-0.2, -0.15) is 0 Å². The quantitative estimate of drug-likeness (QED) is 0.777. The summed E-state index contributed by atoms with van der Waals surface area (Å²) >= 11 is 0. The van der Waals surface area contributed by atoms with Crippen molar-refractivity contribution in [2.45, 2.75) is 58.2 Å². The lowest BCUT2D eigenvalue weighted by Crippen LogP contribution is -2.45. The van der Waals surface area contributed by atoms with Crippen LogP contribution in [0.4, 0.5) is 4.79 Å². The molecule has 0 bridgehead atoms. The minimum atomic E-state index is -0.519. The van der Waals surface area contributed by atoms with Gasteiger partial charge in [-0.05, 0) is 64.8 Å². The highest BCUT2D eigenvalue weighted by molar-refractivity contribution is 5.89. The topological polar surface area (TPSA) is 65.1 Å². The van der Waals surface area contributed by atoms with E-state index in [1.54, 1.807) is 29.2 Å². The van der Waals surface area contributed by atoms with Crippen LogP contribution in [0.15, 0.2) is 24.3 Å². The van der Waals surface area contributed by atoms with Crippen LogP contribution in [0, 0.1) is 0 Å². The molecular formula is C19H27NO5. The fourth-order valence-corrected chi connectivity index (χ4v) is 2.88. The Morgan fingerprint density at radius 1 is 1.16 bits per heavy atom. The molecule has 1 aliphatic heterocycles. The SMILES string of the molecule is COC(=O)c1ccc(OC[C@@H]2CC[C@H](C)N2C(=O)OC(C)(C)C)cc1.